The van der Waals surface area contributed by atoms with Gasteiger partial charge in [-0.2, -0.15) is 0 Å². The number of aromatic nitrogens is 1. The Balaban J connectivity index is 2.36. The lowest BCUT2D eigenvalue weighted by Crippen LogP contribution is -2.14. The van der Waals surface area contributed by atoms with Gasteiger partial charge in [-0.15, -0.1) is 0 Å². The summed E-state index contributed by atoms with van der Waals surface area (Å²) in [6.45, 7) is 5.53. The summed E-state index contributed by atoms with van der Waals surface area (Å²) >= 11 is 0. The Morgan fingerprint density at radius 2 is 1.89 bits per heavy atom. The maximum absolute atomic E-state index is 12.2. The zero-order valence-corrected chi connectivity index (χ0v) is 11.3. The molecule has 0 saturated carbocycles. The van der Waals surface area contributed by atoms with E-state index in [0.29, 0.717) is 5.56 Å². The minimum atomic E-state index is -3.62. The van der Waals surface area contributed by atoms with E-state index in [1.165, 1.54) is 6.20 Å². The molecule has 2 aromatic rings. The highest BCUT2D eigenvalue weighted by molar-refractivity contribution is 7.92. The van der Waals surface area contributed by atoms with Crippen LogP contribution >= 0.6 is 0 Å². The molecule has 2 rings (SSSR count). The molecule has 0 aliphatic carbocycles. The summed E-state index contributed by atoms with van der Waals surface area (Å²) in [5, 5.41) is 0. The van der Waals surface area contributed by atoms with Gasteiger partial charge in [0.15, 0.2) is 0 Å². The highest BCUT2D eigenvalue weighted by Gasteiger charge is 2.15. The van der Waals surface area contributed by atoms with Gasteiger partial charge in [-0.3, -0.25) is 4.72 Å². The second kappa shape index (κ2) is 5.24. The van der Waals surface area contributed by atoms with Crippen molar-refractivity contribution in [2.24, 2.45) is 0 Å². The molecule has 1 heterocycles. The standard InChI is InChI=1S/C14H14N2O2S/c1-3-12-5-4-10-15-14(12)16-19(17,18)13-8-6-11(2)7-9-13/h3-10H,1H2,2H3,(H,15,16). The lowest BCUT2D eigenvalue weighted by atomic mass is 10.2. The number of hydrogen-bond donors (Lipinski definition) is 1. The Labute approximate surface area is 112 Å². The van der Waals surface area contributed by atoms with Gasteiger partial charge in [0, 0.05) is 11.8 Å². The lowest BCUT2D eigenvalue weighted by Gasteiger charge is -2.09. The van der Waals surface area contributed by atoms with Crippen molar-refractivity contribution < 1.29 is 8.42 Å². The summed E-state index contributed by atoms with van der Waals surface area (Å²) in [6, 6.07) is 10.1. The monoisotopic (exact) mass is 274 g/mol. The maximum atomic E-state index is 12.2. The average molecular weight is 274 g/mol. The third kappa shape index (κ3) is 3.00. The fourth-order valence-corrected chi connectivity index (χ4v) is 2.61. The molecular weight excluding hydrogens is 260 g/mol. The molecule has 0 radical (unpaired) electrons. The van der Waals surface area contributed by atoms with Crippen LogP contribution in [0.25, 0.3) is 6.08 Å². The summed E-state index contributed by atoms with van der Waals surface area (Å²) in [6.07, 6.45) is 3.08. The van der Waals surface area contributed by atoms with Gasteiger partial charge >= 0.3 is 0 Å². The van der Waals surface area contributed by atoms with Crippen molar-refractivity contribution in [3.63, 3.8) is 0 Å². The van der Waals surface area contributed by atoms with E-state index in [1.807, 2.05) is 6.92 Å². The zero-order valence-electron chi connectivity index (χ0n) is 10.5. The van der Waals surface area contributed by atoms with Gasteiger partial charge in [0.2, 0.25) is 0 Å². The number of benzene rings is 1. The van der Waals surface area contributed by atoms with E-state index < -0.39 is 10.0 Å². The van der Waals surface area contributed by atoms with Crippen LogP contribution in [0.3, 0.4) is 0 Å². The van der Waals surface area contributed by atoms with Crippen molar-refractivity contribution in [3.05, 3.63) is 60.3 Å². The van der Waals surface area contributed by atoms with Crippen LogP contribution in [-0.4, -0.2) is 13.4 Å². The summed E-state index contributed by atoms with van der Waals surface area (Å²) in [7, 11) is -3.62. The molecule has 0 atom stereocenters. The summed E-state index contributed by atoms with van der Waals surface area (Å²) in [4.78, 5) is 4.22. The first kappa shape index (κ1) is 13.3. The van der Waals surface area contributed by atoms with Crippen LogP contribution in [-0.2, 0) is 10.0 Å². The molecule has 1 aromatic carbocycles. The van der Waals surface area contributed by atoms with E-state index >= 15 is 0 Å². The van der Waals surface area contributed by atoms with Gasteiger partial charge < -0.3 is 0 Å². The lowest BCUT2D eigenvalue weighted by molar-refractivity contribution is 0.601. The van der Waals surface area contributed by atoms with Gasteiger partial charge in [0.05, 0.1) is 4.90 Å². The second-order valence-electron chi connectivity index (χ2n) is 4.06. The number of aryl methyl sites for hydroxylation is 1. The quantitative estimate of drug-likeness (QED) is 0.932. The SMILES string of the molecule is C=Cc1cccnc1NS(=O)(=O)c1ccc(C)cc1. The molecule has 1 aromatic heterocycles. The van der Waals surface area contributed by atoms with Crippen LogP contribution in [0.5, 0.6) is 0 Å². The minimum absolute atomic E-state index is 0.207. The average Bonchev–Trinajstić information content (AvgIpc) is 2.39. The van der Waals surface area contributed by atoms with E-state index in [9.17, 15) is 8.42 Å². The van der Waals surface area contributed by atoms with Gasteiger partial charge in [-0.05, 0) is 31.2 Å². The number of sulfonamides is 1. The molecule has 0 aliphatic rings. The molecule has 5 heteroatoms. The van der Waals surface area contributed by atoms with Crippen LogP contribution in [0.2, 0.25) is 0 Å². The summed E-state index contributed by atoms with van der Waals surface area (Å²) < 4.78 is 26.9. The normalized spacial score (nSPS) is 11.0. The van der Waals surface area contributed by atoms with Crippen LogP contribution < -0.4 is 4.72 Å². The van der Waals surface area contributed by atoms with Crippen molar-refractivity contribution in [1.29, 1.82) is 0 Å². The molecule has 0 bridgehead atoms. The number of hydrogen-bond acceptors (Lipinski definition) is 3. The first-order chi connectivity index (χ1) is 9.03. The van der Waals surface area contributed by atoms with Crippen molar-refractivity contribution in [2.45, 2.75) is 11.8 Å². The first-order valence-corrected chi connectivity index (χ1v) is 7.18. The van der Waals surface area contributed by atoms with Crippen molar-refractivity contribution in [2.75, 3.05) is 4.72 Å². The molecule has 4 nitrogen and oxygen atoms in total. The molecule has 1 N–H and O–H groups in total. The largest absolute Gasteiger partial charge is 0.263 e. The predicted octanol–water partition coefficient (Wildman–Crippen LogP) is 2.83. The molecule has 0 aliphatic heterocycles. The van der Waals surface area contributed by atoms with E-state index in [2.05, 4.69) is 16.3 Å². The summed E-state index contributed by atoms with van der Waals surface area (Å²) in [5.74, 6) is 0.276. The molecule has 98 valence electrons. The number of anilines is 1. The third-order valence-electron chi connectivity index (χ3n) is 2.62. The number of pyridine rings is 1. The second-order valence-corrected chi connectivity index (χ2v) is 5.75. The van der Waals surface area contributed by atoms with Crippen molar-refractivity contribution in [3.8, 4) is 0 Å². The number of nitrogens with one attached hydrogen (secondary N) is 1. The van der Waals surface area contributed by atoms with Gasteiger partial charge in [0.1, 0.15) is 5.82 Å². The van der Waals surface area contributed by atoms with Gasteiger partial charge in [-0.1, -0.05) is 30.4 Å². The topological polar surface area (TPSA) is 59.1 Å². The molecule has 0 spiro atoms. The highest BCUT2D eigenvalue weighted by atomic mass is 32.2. The van der Waals surface area contributed by atoms with Crippen molar-refractivity contribution in [1.82, 2.24) is 4.98 Å². The molecular formula is C14H14N2O2S. The molecule has 0 fully saturated rings. The fourth-order valence-electron chi connectivity index (χ4n) is 1.57. The summed E-state index contributed by atoms with van der Waals surface area (Å²) in [5.41, 5.74) is 1.64. The van der Waals surface area contributed by atoms with E-state index in [4.69, 9.17) is 0 Å². The maximum Gasteiger partial charge on any atom is 0.263 e. The third-order valence-corrected chi connectivity index (χ3v) is 3.98. The highest BCUT2D eigenvalue weighted by Crippen LogP contribution is 2.18. The molecule has 19 heavy (non-hydrogen) atoms. The zero-order chi connectivity index (χ0) is 13.9. The van der Waals surface area contributed by atoms with E-state index in [0.717, 1.165) is 5.56 Å². The van der Waals surface area contributed by atoms with Gasteiger partial charge in [0.25, 0.3) is 10.0 Å². The Hall–Kier alpha value is -2.14. The Bertz CT molecular complexity index is 692. The van der Waals surface area contributed by atoms with E-state index in [-0.39, 0.29) is 10.7 Å². The van der Waals surface area contributed by atoms with E-state index in [1.54, 1.807) is 42.5 Å². The first-order valence-electron chi connectivity index (χ1n) is 5.70. The van der Waals surface area contributed by atoms with Crippen LogP contribution in [0.4, 0.5) is 5.82 Å². The molecule has 0 unspecified atom stereocenters. The predicted molar refractivity (Wildman–Crippen MR) is 76.3 cm³/mol. The molecule has 0 saturated heterocycles. The Morgan fingerprint density at radius 1 is 1.21 bits per heavy atom. The van der Waals surface area contributed by atoms with Crippen LogP contribution in [0, 0.1) is 6.92 Å². The van der Waals surface area contributed by atoms with Crippen molar-refractivity contribution >= 4 is 21.9 Å². The smallest absolute Gasteiger partial charge is 0.263 e. The fraction of sp³-hybridized carbons (Fsp3) is 0.0714. The minimum Gasteiger partial charge on any atom is -0.263 e. The Kier molecular flexibility index (Phi) is 3.66. The van der Waals surface area contributed by atoms with Gasteiger partial charge in [-0.25, -0.2) is 13.4 Å². The molecule has 0 amide bonds. The Morgan fingerprint density at radius 3 is 2.53 bits per heavy atom. The van der Waals surface area contributed by atoms with Crippen LogP contribution in [0.15, 0.2) is 54.1 Å². The number of rotatable bonds is 4. The number of nitrogens with zero attached hydrogens (tertiary/aromatic N) is 1. The van der Waals surface area contributed by atoms with Crippen LogP contribution in [0.1, 0.15) is 11.1 Å².